The highest BCUT2D eigenvalue weighted by Crippen LogP contribution is 2.22. The van der Waals surface area contributed by atoms with Crippen molar-refractivity contribution in [3.05, 3.63) is 101 Å². The zero-order valence-corrected chi connectivity index (χ0v) is 20.2. The molecule has 0 aliphatic carbocycles. The number of nitrogens with zero attached hydrogens (tertiary/aromatic N) is 2. The molecule has 0 fully saturated rings. The zero-order chi connectivity index (χ0) is 23.8. The second kappa shape index (κ2) is 11.2. The summed E-state index contributed by atoms with van der Waals surface area (Å²) in [4.78, 5) is 8.51. The van der Waals surface area contributed by atoms with E-state index in [2.05, 4.69) is 29.0 Å². The van der Waals surface area contributed by atoms with Gasteiger partial charge in [0.25, 0.3) is 10.1 Å². The molecule has 4 rings (SSSR count). The van der Waals surface area contributed by atoms with Crippen LogP contribution in [0.25, 0.3) is 11.5 Å². The van der Waals surface area contributed by atoms with E-state index in [0.717, 1.165) is 5.56 Å². The smallest absolute Gasteiger partial charge is 0.296 e. The van der Waals surface area contributed by atoms with Crippen molar-refractivity contribution in [2.24, 2.45) is 0 Å². The van der Waals surface area contributed by atoms with E-state index >= 15 is 0 Å². The van der Waals surface area contributed by atoms with Gasteiger partial charge < -0.3 is 4.42 Å². The van der Waals surface area contributed by atoms with Crippen molar-refractivity contribution in [1.29, 1.82) is 0 Å². The van der Waals surface area contributed by atoms with Crippen molar-refractivity contribution in [2.45, 2.75) is 32.1 Å². The second-order valence-electron chi connectivity index (χ2n) is 7.39. The van der Waals surface area contributed by atoms with Crippen LogP contribution < -0.4 is 0 Å². The molecule has 0 amide bonds. The fraction of sp³-hybridized carbons (Fsp3) is 0.200. The van der Waals surface area contributed by atoms with Crippen LogP contribution in [-0.2, 0) is 20.7 Å². The quantitative estimate of drug-likeness (QED) is 0.248. The fourth-order valence-electron chi connectivity index (χ4n) is 2.84. The van der Waals surface area contributed by atoms with E-state index in [1.165, 1.54) is 17.7 Å². The third kappa shape index (κ3) is 7.25. The molecule has 0 saturated heterocycles. The molecule has 0 bridgehead atoms. The lowest BCUT2D eigenvalue weighted by molar-refractivity contribution is 0.320. The number of rotatable bonds is 6. The van der Waals surface area contributed by atoms with Crippen LogP contribution in [-0.4, -0.2) is 25.0 Å². The minimum Gasteiger partial charge on any atom is -0.441 e. The van der Waals surface area contributed by atoms with E-state index in [4.69, 9.17) is 20.2 Å². The van der Waals surface area contributed by atoms with Gasteiger partial charge in [-0.3, -0.25) is 4.18 Å². The maximum atomic E-state index is 12.2. The van der Waals surface area contributed by atoms with Crippen LogP contribution in [0.2, 0.25) is 5.15 Å². The first-order chi connectivity index (χ1) is 15.7. The molecule has 0 aliphatic rings. The van der Waals surface area contributed by atoms with Crippen molar-refractivity contribution >= 4 is 21.7 Å². The third-order valence-corrected chi connectivity index (χ3v) is 6.24. The highest BCUT2D eigenvalue weighted by molar-refractivity contribution is 7.86. The molecule has 4 aromatic rings. The summed E-state index contributed by atoms with van der Waals surface area (Å²) in [5.41, 5.74) is 3.62. The maximum Gasteiger partial charge on any atom is 0.296 e. The molecule has 2 heterocycles. The molecule has 2 aromatic carbocycles. The molecule has 0 unspecified atom stereocenters. The van der Waals surface area contributed by atoms with Gasteiger partial charge in [-0.15, -0.1) is 0 Å². The summed E-state index contributed by atoms with van der Waals surface area (Å²) < 4.78 is 35.1. The predicted octanol–water partition coefficient (Wildman–Crippen LogP) is 5.95. The molecule has 0 aliphatic heterocycles. The van der Waals surface area contributed by atoms with Gasteiger partial charge in [0.2, 0.25) is 5.89 Å². The van der Waals surface area contributed by atoms with Crippen LogP contribution >= 0.6 is 11.6 Å². The van der Waals surface area contributed by atoms with Gasteiger partial charge in [0.1, 0.15) is 10.9 Å². The van der Waals surface area contributed by atoms with Crippen LogP contribution in [0, 0.1) is 20.8 Å². The fourth-order valence-corrected chi connectivity index (χ4v) is 3.86. The van der Waals surface area contributed by atoms with E-state index in [1.54, 1.807) is 37.4 Å². The van der Waals surface area contributed by atoms with Crippen molar-refractivity contribution in [2.75, 3.05) is 6.61 Å². The van der Waals surface area contributed by atoms with E-state index in [0.29, 0.717) is 34.5 Å². The third-order valence-electron chi connectivity index (χ3n) is 4.69. The van der Waals surface area contributed by atoms with Crippen molar-refractivity contribution in [3.8, 4) is 11.5 Å². The summed E-state index contributed by atoms with van der Waals surface area (Å²) in [6.07, 6.45) is 1.87. The molecule has 6 nitrogen and oxygen atoms in total. The number of aryl methyl sites for hydroxylation is 3. The Morgan fingerprint density at radius 3 is 2.15 bits per heavy atom. The summed E-state index contributed by atoms with van der Waals surface area (Å²) in [5, 5.41) is 0.381. The van der Waals surface area contributed by atoms with Gasteiger partial charge in [-0.2, -0.15) is 8.42 Å². The largest absolute Gasteiger partial charge is 0.441 e. The SMILES string of the molecule is Cc1ccc(S(=O)(=O)OCCc2nc(-c3ccc(Cl)nc3)oc2C)cc1.Cc1ccccc1. The predicted molar refractivity (Wildman–Crippen MR) is 129 cm³/mol. The molecule has 0 atom stereocenters. The van der Waals surface area contributed by atoms with E-state index in [-0.39, 0.29) is 11.5 Å². The minimum atomic E-state index is -3.79. The highest BCUT2D eigenvalue weighted by Gasteiger charge is 2.17. The van der Waals surface area contributed by atoms with Crippen LogP contribution in [0.4, 0.5) is 0 Å². The number of hydrogen-bond donors (Lipinski definition) is 0. The lowest BCUT2D eigenvalue weighted by atomic mass is 10.2. The molecule has 0 saturated carbocycles. The first-order valence-corrected chi connectivity index (χ1v) is 12.1. The number of hydrogen-bond acceptors (Lipinski definition) is 6. The Labute approximate surface area is 199 Å². The molecule has 172 valence electrons. The Balaban J connectivity index is 0.000000374. The van der Waals surface area contributed by atoms with Crippen molar-refractivity contribution in [3.63, 3.8) is 0 Å². The summed E-state index contributed by atoms with van der Waals surface area (Å²) in [6.45, 7) is 5.71. The Kier molecular flexibility index (Phi) is 8.38. The van der Waals surface area contributed by atoms with Gasteiger partial charge in [-0.25, -0.2) is 9.97 Å². The first-order valence-electron chi connectivity index (χ1n) is 10.3. The molecule has 8 heteroatoms. The van der Waals surface area contributed by atoms with Crippen molar-refractivity contribution in [1.82, 2.24) is 9.97 Å². The van der Waals surface area contributed by atoms with Gasteiger partial charge in [0.05, 0.1) is 22.8 Å². The maximum absolute atomic E-state index is 12.2. The van der Waals surface area contributed by atoms with E-state index < -0.39 is 10.1 Å². The zero-order valence-electron chi connectivity index (χ0n) is 18.7. The molecule has 33 heavy (non-hydrogen) atoms. The average Bonchev–Trinajstić information content (AvgIpc) is 3.16. The number of oxazole rings is 1. The Bertz CT molecular complexity index is 1270. The normalized spacial score (nSPS) is 11.0. The first kappa shape index (κ1) is 24.6. The monoisotopic (exact) mass is 484 g/mol. The molecule has 0 spiro atoms. The lowest BCUT2D eigenvalue weighted by Gasteiger charge is -2.05. The topological polar surface area (TPSA) is 82.3 Å². The van der Waals surface area contributed by atoms with Crippen LogP contribution in [0.5, 0.6) is 0 Å². The van der Waals surface area contributed by atoms with Gasteiger partial charge in [-0.05, 0) is 45.0 Å². The van der Waals surface area contributed by atoms with Gasteiger partial charge in [0.15, 0.2) is 0 Å². The van der Waals surface area contributed by atoms with E-state index in [1.807, 2.05) is 25.1 Å². The van der Waals surface area contributed by atoms with Crippen molar-refractivity contribution < 1.29 is 17.0 Å². The summed E-state index contributed by atoms with van der Waals surface area (Å²) in [7, 11) is -3.79. The second-order valence-corrected chi connectivity index (χ2v) is 9.39. The molecule has 0 radical (unpaired) electrons. The Morgan fingerprint density at radius 1 is 0.909 bits per heavy atom. The summed E-state index contributed by atoms with van der Waals surface area (Å²) in [6, 6.07) is 20.2. The van der Waals surface area contributed by atoms with Crippen LogP contribution in [0.3, 0.4) is 0 Å². The van der Waals surface area contributed by atoms with Crippen LogP contribution in [0.1, 0.15) is 22.6 Å². The molecule has 0 N–H and O–H groups in total. The molecule has 2 aromatic heterocycles. The Hall–Kier alpha value is -3.00. The van der Waals surface area contributed by atoms with Gasteiger partial charge in [-0.1, -0.05) is 65.2 Å². The summed E-state index contributed by atoms with van der Waals surface area (Å²) in [5.74, 6) is 1.01. The number of benzene rings is 2. The van der Waals surface area contributed by atoms with E-state index in [9.17, 15) is 8.42 Å². The number of aromatic nitrogens is 2. The van der Waals surface area contributed by atoms with Gasteiger partial charge >= 0.3 is 0 Å². The Morgan fingerprint density at radius 2 is 1.58 bits per heavy atom. The molecular weight excluding hydrogens is 460 g/mol. The van der Waals surface area contributed by atoms with Crippen LogP contribution in [0.15, 0.2) is 82.2 Å². The lowest BCUT2D eigenvalue weighted by Crippen LogP contribution is -2.09. The molecular formula is C25H25ClN2O4S. The average molecular weight is 485 g/mol. The number of halogens is 1. The standard InChI is InChI=1S/C18H17ClN2O4S.C7H8/c1-12-3-6-15(7-4-12)26(22,23)24-10-9-16-13(2)25-18(21-16)14-5-8-17(19)20-11-14;1-7-5-3-2-4-6-7/h3-8,11H,9-10H2,1-2H3;2-6H,1H3. The number of pyridine rings is 1. The van der Waals surface area contributed by atoms with Gasteiger partial charge in [0, 0.05) is 12.6 Å². The summed E-state index contributed by atoms with van der Waals surface area (Å²) >= 11 is 5.77. The minimum absolute atomic E-state index is 0.0259. The highest BCUT2D eigenvalue weighted by atomic mass is 35.5.